The minimum Gasteiger partial charge on any atom is -0.348 e. The molecule has 0 spiro atoms. The van der Waals surface area contributed by atoms with Crippen LogP contribution in [-0.2, 0) is 4.79 Å². The van der Waals surface area contributed by atoms with Gasteiger partial charge in [0.05, 0.1) is 18.3 Å². The number of aromatic nitrogens is 3. The molecule has 1 saturated heterocycles. The number of carbonyl (C=O) groups excluding carboxylic acids is 1. The molecule has 1 fully saturated rings. The Morgan fingerprint density at radius 3 is 2.88 bits per heavy atom. The second-order valence-corrected chi connectivity index (χ2v) is 6.94. The van der Waals surface area contributed by atoms with Gasteiger partial charge in [-0.1, -0.05) is 6.07 Å². The number of likely N-dealkylation sites (N-methyl/N-ethyl adjacent to an activating group) is 1. The molecule has 3 heterocycles. The molecule has 7 nitrogen and oxygen atoms in total. The molecule has 2 aromatic rings. The first-order valence-corrected chi connectivity index (χ1v) is 8.92. The standard InChI is InChI=1S/C19H26N6O/c1-13-7-5-9-20-19(13)23-17-11-15(21-14(2)22-17)16-8-6-10-25(16)12-18(26)24(3)4/h5,7,9,11,16H,6,8,10,12H2,1-4H3,(H,20,21,22,23). The number of rotatable bonds is 5. The Kier molecular flexibility index (Phi) is 5.46. The Labute approximate surface area is 154 Å². The third kappa shape index (κ3) is 4.16. The molecular formula is C19H26N6O. The number of amides is 1. The van der Waals surface area contributed by atoms with Crippen molar-refractivity contribution in [2.24, 2.45) is 0 Å². The second kappa shape index (κ2) is 7.78. The summed E-state index contributed by atoms with van der Waals surface area (Å²) < 4.78 is 0. The van der Waals surface area contributed by atoms with Gasteiger partial charge in [0.15, 0.2) is 0 Å². The summed E-state index contributed by atoms with van der Waals surface area (Å²) in [6.45, 7) is 5.23. The van der Waals surface area contributed by atoms with Crippen LogP contribution in [0.2, 0.25) is 0 Å². The molecule has 1 aliphatic heterocycles. The summed E-state index contributed by atoms with van der Waals surface area (Å²) in [6, 6.07) is 6.04. The van der Waals surface area contributed by atoms with E-state index in [2.05, 4.69) is 25.2 Å². The maximum absolute atomic E-state index is 12.1. The highest BCUT2D eigenvalue weighted by molar-refractivity contribution is 5.77. The smallest absolute Gasteiger partial charge is 0.236 e. The monoisotopic (exact) mass is 354 g/mol. The molecule has 1 atom stereocenters. The zero-order valence-electron chi connectivity index (χ0n) is 15.9. The fraction of sp³-hybridized carbons (Fsp3) is 0.474. The lowest BCUT2D eigenvalue weighted by molar-refractivity contribution is -0.130. The number of hydrogen-bond acceptors (Lipinski definition) is 6. The molecule has 3 rings (SSSR count). The summed E-state index contributed by atoms with van der Waals surface area (Å²) in [5, 5.41) is 3.29. The van der Waals surface area contributed by atoms with Crippen LogP contribution in [0, 0.1) is 13.8 Å². The summed E-state index contributed by atoms with van der Waals surface area (Å²) in [5.41, 5.74) is 2.02. The van der Waals surface area contributed by atoms with Gasteiger partial charge < -0.3 is 10.2 Å². The topological polar surface area (TPSA) is 74.2 Å². The highest BCUT2D eigenvalue weighted by atomic mass is 16.2. The van der Waals surface area contributed by atoms with Crippen LogP contribution < -0.4 is 5.32 Å². The second-order valence-electron chi connectivity index (χ2n) is 6.94. The van der Waals surface area contributed by atoms with Crippen molar-refractivity contribution >= 4 is 17.5 Å². The van der Waals surface area contributed by atoms with Crippen molar-refractivity contribution < 1.29 is 4.79 Å². The van der Waals surface area contributed by atoms with Crippen molar-refractivity contribution in [2.45, 2.75) is 32.7 Å². The van der Waals surface area contributed by atoms with Crippen LogP contribution in [0.5, 0.6) is 0 Å². The van der Waals surface area contributed by atoms with Gasteiger partial charge in [-0.15, -0.1) is 0 Å². The predicted octanol–water partition coefficient (Wildman–Crippen LogP) is 2.46. The van der Waals surface area contributed by atoms with Gasteiger partial charge in [0.25, 0.3) is 0 Å². The lowest BCUT2D eigenvalue weighted by atomic mass is 10.1. The lowest BCUT2D eigenvalue weighted by Crippen LogP contribution is -2.36. The van der Waals surface area contributed by atoms with Gasteiger partial charge in [-0.25, -0.2) is 15.0 Å². The summed E-state index contributed by atoms with van der Waals surface area (Å²) in [6.07, 6.45) is 3.83. The van der Waals surface area contributed by atoms with Crippen LogP contribution in [-0.4, -0.2) is 57.8 Å². The van der Waals surface area contributed by atoms with E-state index in [1.807, 2.05) is 32.0 Å². The molecule has 0 aromatic carbocycles. The highest BCUT2D eigenvalue weighted by Gasteiger charge is 2.29. The minimum absolute atomic E-state index is 0.116. The van der Waals surface area contributed by atoms with E-state index in [4.69, 9.17) is 0 Å². The fourth-order valence-corrected chi connectivity index (χ4v) is 3.23. The van der Waals surface area contributed by atoms with Gasteiger partial charge in [-0.05, 0) is 44.9 Å². The molecule has 7 heteroatoms. The summed E-state index contributed by atoms with van der Waals surface area (Å²) in [5.74, 6) is 2.36. The van der Waals surface area contributed by atoms with Crippen LogP contribution in [0.3, 0.4) is 0 Å². The molecule has 0 radical (unpaired) electrons. The summed E-state index contributed by atoms with van der Waals surface area (Å²) >= 11 is 0. The number of anilines is 2. The number of pyridine rings is 1. The summed E-state index contributed by atoms with van der Waals surface area (Å²) in [7, 11) is 3.58. The zero-order chi connectivity index (χ0) is 18.7. The Balaban J connectivity index is 1.82. The van der Waals surface area contributed by atoms with E-state index in [-0.39, 0.29) is 11.9 Å². The van der Waals surface area contributed by atoms with E-state index in [0.717, 1.165) is 42.3 Å². The molecule has 0 saturated carbocycles. The van der Waals surface area contributed by atoms with Crippen LogP contribution >= 0.6 is 0 Å². The molecule has 138 valence electrons. The Morgan fingerprint density at radius 1 is 1.35 bits per heavy atom. The third-order valence-electron chi connectivity index (χ3n) is 4.66. The molecule has 2 aromatic heterocycles. The number of carbonyl (C=O) groups is 1. The predicted molar refractivity (Wildman–Crippen MR) is 101 cm³/mol. The fourth-order valence-electron chi connectivity index (χ4n) is 3.23. The van der Waals surface area contributed by atoms with Crippen LogP contribution in [0.4, 0.5) is 11.6 Å². The Morgan fingerprint density at radius 2 is 2.15 bits per heavy atom. The first kappa shape index (κ1) is 18.3. The normalized spacial score (nSPS) is 17.3. The molecule has 1 unspecified atom stereocenters. The molecular weight excluding hydrogens is 328 g/mol. The number of nitrogens with zero attached hydrogens (tertiary/aromatic N) is 5. The van der Waals surface area contributed by atoms with E-state index < -0.39 is 0 Å². The van der Waals surface area contributed by atoms with Gasteiger partial charge in [0.2, 0.25) is 5.91 Å². The van der Waals surface area contributed by atoms with Crippen molar-refractivity contribution in [3.63, 3.8) is 0 Å². The highest BCUT2D eigenvalue weighted by Crippen LogP contribution is 2.32. The summed E-state index contributed by atoms with van der Waals surface area (Å²) in [4.78, 5) is 29.5. The van der Waals surface area contributed by atoms with Crippen molar-refractivity contribution in [3.8, 4) is 0 Å². The maximum Gasteiger partial charge on any atom is 0.236 e. The number of likely N-dealkylation sites (tertiary alicyclic amines) is 1. The lowest BCUT2D eigenvalue weighted by Gasteiger charge is -2.25. The van der Waals surface area contributed by atoms with E-state index in [9.17, 15) is 4.79 Å². The average molecular weight is 354 g/mol. The average Bonchev–Trinajstić information content (AvgIpc) is 3.04. The molecule has 0 aliphatic carbocycles. The molecule has 1 aliphatic rings. The van der Waals surface area contributed by atoms with E-state index in [1.165, 1.54) is 0 Å². The zero-order valence-corrected chi connectivity index (χ0v) is 15.9. The van der Waals surface area contributed by atoms with E-state index >= 15 is 0 Å². The van der Waals surface area contributed by atoms with E-state index in [1.54, 1.807) is 25.2 Å². The molecule has 1 amide bonds. The van der Waals surface area contributed by atoms with Crippen LogP contribution in [0.15, 0.2) is 24.4 Å². The number of nitrogens with one attached hydrogen (secondary N) is 1. The quantitative estimate of drug-likeness (QED) is 0.889. The van der Waals surface area contributed by atoms with E-state index in [0.29, 0.717) is 12.4 Å². The van der Waals surface area contributed by atoms with Crippen molar-refractivity contribution in [1.82, 2.24) is 24.8 Å². The Bertz CT molecular complexity index is 791. The van der Waals surface area contributed by atoms with Gasteiger partial charge in [-0.3, -0.25) is 9.69 Å². The first-order chi connectivity index (χ1) is 12.4. The van der Waals surface area contributed by atoms with Gasteiger partial charge in [0, 0.05) is 26.4 Å². The van der Waals surface area contributed by atoms with Gasteiger partial charge in [0.1, 0.15) is 17.5 Å². The van der Waals surface area contributed by atoms with Crippen molar-refractivity contribution in [3.05, 3.63) is 41.5 Å². The van der Waals surface area contributed by atoms with Crippen molar-refractivity contribution in [2.75, 3.05) is 32.5 Å². The number of aryl methyl sites for hydroxylation is 2. The van der Waals surface area contributed by atoms with Crippen LogP contribution in [0.1, 0.15) is 36.0 Å². The number of hydrogen-bond donors (Lipinski definition) is 1. The SMILES string of the molecule is Cc1nc(Nc2ncccc2C)cc(C2CCCN2CC(=O)N(C)C)n1. The van der Waals surface area contributed by atoms with Crippen LogP contribution in [0.25, 0.3) is 0 Å². The molecule has 0 bridgehead atoms. The first-order valence-electron chi connectivity index (χ1n) is 8.92. The Hall–Kier alpha value is -2.54. The van der Waals surface area contributed by atoms with Gasteiger partial charge in [-0.2, -0.15) is 0 Å². The molecule has 1 N–H and O–H groups in total. The molecule has 26 heavy (non-hydrogen) atoms. The minimum atomic E-state index is 0.116. The maximum atomic E-state index is 12.1. The largest absolute Gasteiger partial charge is 0.348 e. The van der Waals surface area contributed by atoms with Gasteiger partial charge >= 0.3 is 0 Å². The third-order valence-corrected chi connectivity index (χ3v) is 4.66. The van der Waals surface area contributed by atoms with Crippen molar-refractivity contribution in [1.29, 1.82) is 0 Å².